The van der Waals surface area contributed by atoms with Crippen molar-refractivity contribution in [3.8, 4) is 0 Å². The summed E-state index contributed by atoms with van der Waals surface area (Å²) in [6.07, 6.45) is 0. The van der Waals surface area contributed by atoms with Gasteiger partial charge in [0.2, 0.25) is 5.91 Å². The fourth-order valence-electron chi connectivity index (χ4n) is 1.54. The van der Waals surface area contributed by atoms with Crippen LogP contribution in [0.25, 0.3) is 0 Å². The first kappa shape index (κ1) is 9.71. The van der Waals surface area contributed by atoms with Crippen LogP contribution in [-0.2, 0) is 4.79 Å². The van der Waals surface area contributed by atoms with Crippen molar-refractivity contribution in [3.63, 3.8) is 0 Å². The zero-order valence-electron chi connectivity index (χ0n) is 8.58. The summed E-state index contributed by atoms with van der Waals surface area (Å²) in [7, 11) is 0. The molecule has 2 N–H and O–H groups in total. The van der Waals surface area contributed by atoms with Crippen LogP contribution in [0.2, 0.25) is 0 Å². The van der Waals surface area contributed by atoms with Gasteiger partial charge in [0.1, 0.15) is 5.84 Å². The number of hydrogen-bond acceptors (Lipinski definition) is 3. The highest BCUT2D eigenvalue weighted by Gasteiger charge is 2.08. The number of amidine groups is 1. The molecule has 78 valence electrons. The zero-order valence-corrected chi connectivity index (χ0v) is 8.58. The van der Waals surface area contributed by atoms with E-state index in [-0.39, 0.29) is 5.91 Å². The molecule has 0 spiro atoms. The van der Waals surface area contributed by atoms with Crippen molar-refractivity contribution >= 4 is 17.4 Å². The van der Waals surface area contributed by atoms with Crippen molar-refractivity contribution in [2.45, 2.75) is 6.92 Å². The summed E-state index contributed by atoms with van der Waals surface area (Å²) in [6, 6.07) is 7.66. The maximum atomic E-state index is 10.9. The average Bonchev–Trinajstić information content (AvgIpc) is 2.69. The molecule has 2 rings (SSSR count). The van der Waals surface area contributed by atoms with Gasteiger partial charge in [-0.1, -0.05) is 12.1 Å². The topological polar surface area (TPSA) is 53.5 Å². The molecule has 0 aromatic heterocycles. The van der Waals surface area contributed by atoms with Crippen LogP contribution in [0.3, 0.4) is 0 Å². The normalized spacial score (nSPS) is 14.3. The zero-order chi connectivity index (χ0) is 10.7. The van der Waals surface area contributed by atoms with E-state index in [0.29, 0.717) is 0 Å². The van der Waals surface area contributed by atoms with Crippen LogP contribution in [0.15, 0.2) is 29.3 Å². The molecular formula is C11H13N3O. The van der Waals surface area contributed by atoms with Crippen molar-refractivity contribution in [1.29, 1.82) is 0 Å². The van der Waals surface area contributed by atoms with Crippen LogP contribution in [0.5, 0.6) is 0 Å². The third-order valence-corrected chi connectivity index (χ3v) is 2.13. The van der Waals surface area contributed by atoms with E-state index in [2.05, 4.69) is 15.6 Å². The molecular weight excluding hydrogens is 190 g/mol. The molecule has 0 saturated heterocycles. The number of anilines is 1. The number of hydrogen-bond donors (Lipinski definition) is 2. The van der Waals surface area contributed by atoms with Crippen LogP contribution < -0.4 is 10.6 Å². The van der Waals surface area contributed by atoms with E-state index >= 15 is 0 Å². The molecule has 0 unspecified atom stereocenters. The number of amides is 1. The number of benzene rings is 1. The second kappa shape index (κ2) is 4.13. The summed E-state index contributed by atoms with van der Waals surface area (Å²) in [5.41, 5.74) is 1.81. The predicted octanol–water partition coefficient (Wildman–Crippen LogP) is 0.995. The van der Waals surface area contributed by atoms with E-state index in [0.717, 1.165) is 30.2 Å². The van der Waals surface area contributed by atoms with Crippen molar-refractivity contribution in [2.24, 2.45) is 4.99 Å². The molecule has 0 aliphatic carbocycles. The lowest BCUT2D eigenvalue weighted by molar-refractivity contribution is -0.114. The van der Waals surface area contributed by atoms with Crippen molar-refractivity contribution in [3.05, 3.63) is 29.8 Å². The molecule has 4 nitrogen and oxygen atoms in total. The van der Waals surface area contributed by atoms with Gasteiger partial charge in [0.15, 0.2) is 0 Å². The van der Waals surface area contributed by atoms with Gasteiger partial charge in [-0.3, -0.25) is 9.79 Å². The van der Waals surface area contributed by atoms with Crippen LogP contribution in [0, 0.1) is 0 Å². The largest absolute Gasteiger partial charge is 0.368 e. The predicted molar refractivity (Wildman–Crippen MR) is 60.2 cm³/mol. The number of carbonyl (C=O) groups excluding carboxylic acids is 1. The van der Waals surface area contributed by atoms with Gasteiger partial charge >= 0.3 is 0 Å². The van der Waals surface area contributed by atoms with E-state index in [9.17, 15) is 4.79 Å². The average molecular weight is 203 g/mol. The van der Waals surface area contributed by atoms with Gasteiger partial charge in [-0.05, 0) is 12.1 Å². The van der Waals surface area contributed by atoms with Crippen LogP contribution >= 0.6 is 0 Å². The lowest BCUT2D eigenvalue weighted by Crippen LogP contribution is -2.19. The fourth-order valence-corrected chi connectivity index (χ4v) is 1.54. The van der Waals surface area contributed by atoms with Gasteiger partial charge < -0.3 is 10.6 Å². The molecule has 1 aliphatic rings. The van der Waals surface area contributed by atoms with Gasteiger partial charge in [-0.2, -0.15) is 0 Å². The van der Waals surface area contributed by atoms with Gasteiger partial charge in [0.25, 0.3) is 0 Å². The third-order valence-electron chi connectivity index (χ3n) is 2.13. The SMILES string of the molecule is CC(=O)Nc1cccc(C2=NCCN2)c1. The van der Waals surface area contributed by atoms with Crippen molar-refractivity contribution in [2.75, 3.05) is 18.4 Å². The van der Waals surface area contributed by atoms with Crippen LogP contribution in [0.4, 0.5) is 5.69 Å². The summed E-state index contributed by atoms with van der Waals surface area (Å²) in [6.45, 7) is 3.21. The summed E-state index contributed by atoms with van der Waals surface area (Å²) in [5, 5.41) is 5.94. The van der Waals surface area contributed by atoms with E-state index in [4.69, 9.17) is 0 Å². The highest BCUT2D eigenvalue weighted by atomic mass is 16.1. The van der Waals surface area contributed by atoms with Crippen LogP contribution in [-0.4, -0.2) is 24.8 Å². The minimum absolute atomic E-state index is 0.0616. The van der Waals surface area contributed by atoms with E-state index in [1.165, 1.54) is 6.92 Å². The fraction of sp³-hybridized carbons (Fsp3) is 0.273. The maximum absolute atomic E-state index is 10.9. The standard InChI is InChI=1S/C11H13N3O/c1-8(15)14-10-4-2-3-9(7-10)11-12-5-6-13-11/h2-4,7H,5-6H2,1H3,(H,12,13)(H,14,15). The summed E-state index contributed by atoms with van der Waals surface area (Å²) < 4.78 is 0. The van der Waals surface area contributed by atoms with Gasteiger partial charge in [-0.25, -0.2) is 0 Å². The number of rotatable bonds is 2. The minimum Gasteiger partial charge on any atom is -0.368 e. The highest BCUT2D eigenvalue weighted by Crippen LogP contribution is 2.11. The second-order valence-electron chi connectivity index (χ2n) is 3.42. The lowest BCUT2D eigenvalue weighted by Gasteiger charge is -2.05. The Morgan fingerprint density at radius 1 is 1.53 bits per heavy atom. The first-order chi connectivity index (χ1) is 7.25. The molecule has 1 aliphatic heterocycles. The molecule has 4 heteroatoms. The van der Waals surface area contributed by atoms with Crippen molar-refractivity contribution < 1.29 is 4.79 Å². The molecule has 0 fully saturated rings. The first-order valence-corrected chi connectivity index (χ1v) is 4.92. The third kappa shape index (κ3) is 2.34. The van der Waals surface area contributed by atoms with Crippen molar-refractivity contribution in [1.82, 2.24) is 5.32 Å². The molecule has 1 heterocycles. The van der Waals surface area contributed by atoms with Gasteiger partial charge in [0, 0.05) is 24.7 Å². The molecule has 15 heavy (non-hydrogen) atoms. The molecule has 0 radical (unpaired) electrons. The lowest BCUT2D eigenvalue weighted by atomic mass is 10.2. The quantitative estimate of drug-likeness (QED) is 0.753. The minimum atomic E-state index is -0.0616. The number of nitrogens with zero attached hydrogens (tertiary/aromatic N) is 1. The Morgan fingerprint density at radius 2 is 2.40 bits per heavy atom. The monoisotopic (exact) mass is 203 g/mol. The van der Waals surface area contributed by atoms with Crippen LogP contribution in [0.1, 0.15) is 12.5 Å². The Morgan fingerprint density at radius 3 is 3.07 bits per heavy atom. The molecule has 1 aromatic carbocycles. The summed E-state index contributed by atoms with van der Waals surface area (Å²) in [5.74, 6) is 0.843. The Kier molecular flexibility index (Phi) is 2.67. The molecule has 0 atom stereocenters. The Bertz CT molecular complexity index is 412. The molecule has 1 amide bonds. The van der Waals surface area contributed by atoms with Gasteiger partial charge in [0.05, 0.1) is 6.54 Å². The Hall–Kier alpha value is -1.84. The first-order valence-electron chi connectivity index (χ1n) is 4.92. The Labute approximate surface area is 88.4 Å². The van der Waals surface area contributed by atoms with E-state index in [1.807, 2.05) is 24.3 Å². The Balaban J connectivity index is 2.22. The number of nitrogens with one attached hydrogen (secondary N) is 2. The summed E-state index contributed by atoms with van der Waals surface area (Å²) in [4.78, 5) is 15.2. The smallest absolute Gasteiger partial charge is 0.221 e. The highest BCUT2D eigenvalue weighted by molar-refractivity contribution is 6.01. The molecule has 0 bridgehead atoms. The van der Waals surface area contributed by atoms with E-state index in [1.54, 1.807) is 0 Å². The summed E-state index contributed by atoms with van der Waals surface area (Å²) >= 11 is 0. The molecule has 1 aromatic rings. The maximum Gasteiger partial charge on any atom is 0.221 e. The molecule has 0 saturated carbocycles. The second-order valence-corrected chi connectivity index (χ2v) is 3.42. The number of aliphatic imine (C=N–C) groups is 1. The van der Waals surface area contributed by atoms with Gasteiger partial charge in [-0.15, -0.1) is 0 Å². The number of carbonyl (C=O) groups is 1. The van der Waals surface area contributed by atoms with E-state index < -0.39 is 0 Å².